The summed E-state index contributed by atoms with van der Waals surface area (Å²) in [5.41, 5.74) is 2.24. The maximum atomic E-state index is 12.6. The third kappa shape index (κ3) is 3.12. The van der Waals surface area contributed by atoms with Crippen molar-refractivity contribution in [3.63, 3.8) is 0 Å². The topological polar surface area (TPSA) is 47.4 Å². The predicted molar refractivity (Wildman–Crippen MR) is 79.8 cm³/mol. The second-order valence-electron chi connectivity index (χ2n) is 6.28. The lowest BCUT2D eigenvalue weighted by atomic mass is 10.0. The summed E-state index contributed by atoms with van der Waals surface area (Å²) in [6, 6.07) is 0.204. The van der Waals surface area contributed by atoms with Crippen LogP contribution in [-0.2, 0) is 16.6 Å². The normalized spacial score (nSPS) is 26.3. The Hall–Kier alpha value is -1.36. The number of carbonyl (C=O) groups excluding carboxylic acids is 1. The fourth-order valence-electron chi connectivity index (χ4n) is 3.61. The number of nitrogens with zero attached hydrogens (tertiary/aromatic N) is 3. The van der Waals surface area contributed by atoms with Gasteiger partial charge in [-0.3, -0.25) is 9.48 Å². The lowest BCUT2D eigenvalue weighted by Gasteiger charge is -2.28. The molecule has 116 valence electrons. The van der Waals surface area contributed by atoms with Crippen LogP contribution in [0, 0.1) is 6.92 Å². The molecular weight excluding hydrogens is 266 g/mol. The largest absolute Gasteiger partial charge is 0.378 e. The summed E-state index contributed by atoms with van der Waals surface area (Å²) in [4.78, 5) is 14.7. The number of carbonyl (C=O) groups is 1. The van der Waals surface area contributed by atoms with Gasteiger partial charge in [0.25, 0.3) is 0 Å². The van der Waals surface area contributed by atoms with E-state index in [0.29, 0.717) is 6.42 Å². The first-order valence-electron chi connectivity index (χ1n) is 8.06. The van der Waals surface area contributed by atoms with Crippen molar-refractivity contribution in [1.82, 2.24) is 14.7 Å². The first-order chi connectivity index (χ1) is 10.1. The molecule has 0 saturated carbocycles. The highest BCUT2D eigenvalue weighted by Gasteiger charge is 2.33. The Morgan fingerprint density at radius 3 is 2.90 bits per heavy atom. The van der Waals surface area contributed by atoms with E-state index >= 15 is 0 Å². The van der Waals surface area contributed by atoms with Crippen LogP contribution >= 0.6 is 0 Å². The minimum absolute atomic E-state index is 0.127. The summed E-state index contributed by atoms with van der Waals surface area (Å²) >= 11 is 0. The number of hydrogen-bond acceptors (Lipinski definition) is 3. The maximum Gasteiger partial charge on any atom is 0.225 e. The highest BCUT2D eigenvalue weighted by molar-refractivity contribution is 5.77. The summed E-state index contributed by atoms with van der Waals surface area (Å²) in [6.07, 6.45) is 8.19. The molecule has 0 aromatic carbocycles. The van der Waals surface area contributed by atoms with Crippen LogP contribution in [0.1, 0.15) is 55.8 Å². The molecule has 2 aliphatic heterocycles. The SMILES string of the molecule is Cc1nn(C)cc1C1CCCN1C(=O)CC1CCCCO1. The second-order valence-corrected chi connectivity index (χ2v) is 6.28. The van der Waals surface area contributed by atoms with Gasteiger partial charge in [0.2, 0.25) is 5.91 Å². The van der Waals surface area contributed by atoms with E-state index in [1.165, 1.54) is 12.0 Å². The van der Waals surface area contributed by atoms with Crippen molar-refractivity contribution in [2.24, 2.45) is 7.05 Å². The molecule has 2 aliphatic rings. The lowest BCUT2D eigenvalue weighted by Crippen LogP contribution is -2.34. The molecule has 0 bridgehead atoms. The Bertz CT molecular complexity index is 506. The zero-order valence-corrected chi connectivity index (χ0v) is 13.0. The molecule has 2 unspecified atom stereocenters. The van der Waals surface area contributed by atoms with E-state index in [9.17, 15) is 4.79 Å². The first-order valence-corrected chi connectivity index (χ1v) is 8.06. The molecule has 2 fully saturated rings. The molecule has 0 spiro atoms. The Labute approximate surface area is 126 Å². The highest BCUT2D eigenvalue weighted by atomic mass is 16.5. The average molecular weight is 291 g/mol. The van der Waals surface area contributed by atoms with Crippen molar-refractivity contribution in [1.29, 1.82) is 0 Å². The number of aromatic nitrogens is 2. The van der Waals surface area contributed by atoms with E-state index in [2.05, 4.69) is 11.3 Å². The Morgan fingerprint density at radius 2 is 2.24 bits per heavy atom. The minimum atomic E-state index is 0.127. The van der Waals surface area contributed by atoms with E-state index in [4.69, 9.17) is 4.74 Å². The molecule has 1 amide bonds. The van der Waals surface area contributed by atoms with Crippen LogP contribution in [0.25, 0.3) is 0 Å². The fourth-order valence-corrected chi connectivity index (χ4v) is 3.61. The lowest BCUT2D eigenvalue weighted by molar-refractivity contribution is -0.136. The number of hydrogen-bond donors (Lipinski definition) is 0. The van der Waals surface area contributed by atoms with Crippen LogP contribution in [0.3, 0.4) is 0 Å². The van der Waals surface area contributed by atoms with E-state index in [-0.39, 0.29) is 18.1 Å². The van der Waals surface area contributed by atoms with Gasteiger partial charge < -0.3 is 9.64 Å². The Kier molecular flexibility index (Phi) is 4.29. The van der Waals surface area contributed by atoms with E-state index < -0.39 is 0 Å². The number of amides is 1. The van der Waals surface area contributed by atoms with Gasteiger partial charge in [-0.1, -0.05) is 0 Å². The van der Waals surface area contributed by atoms with Crippen molar-refractivity contribution >= 4 is 5.91 Å². The van der Waals surface area contributed by atoms with Gasteiger partial charge in [-0.25, -0.2) is 0 Å². The predicted octanol–water partition coefficient (Wildman–Crippen LogP) is 2.35. The van der Waals surface area contributed by atoms with Gasteiger partial charge >= 0.3 is 0 Å². The maximum absolute atomic E-state index is 12.6. The van der Waals surface area contributed by atoms with Crippen molar-refractivity contribution in [2.45, 2.75) is 57.6 Å². The summed E-state index contributed by atoms with van der Waals surface area (Å²) in [5, 5.41) is 4.42. The van der Waals surface area contributed by atoms with Gasteiger partial charge in [-0.2, -0.15) is 5.10 Å². The molecular formula is C16H25N3O2. The van der Waals surface area contributed by atoms with Crippen molar-refractivity contribution in [3.8, 4) is 0 Å². The second kappa shape index (κ2) is 6.18. The van der Waals surface area contributed by atoms with Crippen LogP contribution in [0.15, 0.2) is 6.20 Å². The summed E-state index contributed by atoms with van der Waals surface area (Å²) in [7, 11) is 1.94. The fraction of sp³-hybridized carbons (Fsp3) is 0.750. The molecule has 3 heterocycles. The van der Waals surface area contributed by atoms with Crippen molar-refractivity contribution < 1.29 is 9.53 Å². The standard InChI is InChI=1S/C16H25N3O2/c1-12-14(11-18(2)17-12)15-7-5-8-19(15)16(20)10-13-6-3-4-9-21-13/h11,13,15H,3-10H2,1-2H3. The molecule has 5 nitrogen and oxygen atoms in total. The van der Waals surface area contributed by atoms with Crippen LogP contribution in [0.5, 0.6) is 0 Å². The molecule has 3 rings (SSSR count). The Morgan fingerprint density at radius 1 is 1.38 bits per heavy atom. The molecule has 5 heteroatoms. The summed E-state index contributed by atoms with van der Waals surface area (Å²) < 4.78 is 7.56. The van der Waals surface area contributed by atoms with Crippen LogP contribution in [0.2, 0.25) is 0 Å². The molecule has 21 heavy (non-hydrogen) atoms. The number of rotatable bonds is 3. The minimum Gasteiger partial charge on any atom is -0.378 e. The molecule has 0 aliphatic carbocycles. The summed E-state index contributed by atoms with van der Waals surface area (Å²) in [6.45, 7) is 3.70. The Balaban J connectivity index is 1.68. The monoisotopic (exact) mass is 291 g/mol. The van der Waals surface area contributed by atoms with Gasteiger partial charge in [-0.15, -0.1) is 0 Å². The van der Waals surface area contributed by atoms with Gasteiger partial charge in [0.05, 0.1) is 24.3 Å². The highest BCUT2D eigenvalue weighted by Crippen LogP contribution is 2.34. The van der Waals surface area contributed by atoms with E-state index in [1.54, 1.807) is 0 Å². The van der Waals surface area contributed by atoms with Gasteiger partial charge in [0, 0.05) is 32.0 Å². The summed E-state index contributed by atoms with van der Waals surface area (Å²) in [5.74, 6) is 0.243. The molecule has 0 N–H and O–H groups in total. The zero-order chi connectivity index (χ0) is 14.8. The number of likely N-dealkylation sites (tertiary alicyclic amines) is 1. The van der Waals surface area contributed by atoms with Gasteiger partial charge in [0.1, 0.15) is 0 Å². The van der Waals surface area contributed by atoms with Crippen LogP contribution in [-0.4, -0.2) is 39.8 Å². The molecule has 2 atom stereocenters. The van der Waals surface area contributed by atoms with Crippen LogP contribution in [0.4, 0.5) is 0 Å². The van der Waals surface area contributed by atoms with E-state index in [0.717, 1.165) is 44.5 Å². The smallest absolute Gasteiger partial charge is 0.225 e. The number of aryl methyl sites for hydroxylation is 2. The molecule has 1 aromatic rings. The molecule has 0 radical (unpaired) electrons. The third-order valence-electron chi connectivity index (χ3n) is 4.66. The van der Waals surface area contributed by atoms with E-state index in [1.807, 2.05) is 23.6 Å². The van der Waals surface area contributed by atoms with Crippen molar-refractivity contribution in [2.75, 3.05) is 13.2 Å². The van der Waals surface area contributed by atoms with Crippen molar-refractivity contribution in [3.05, 3.63) is 17.5 Å². The molecule has 1 aromatic heterocycles. The third-order valence-corrected chi connectivity index (χ3v) is 4.66. The quantitative estimate of drug-likeness (QED) is 0.859. The average Bonchev–Trinajstić information content (AvgIpc) is 3.06. The van der Waals surface area contributed by atoms with Gasteiger partial charge in [-0.05, 0) is 39.0 Å². The van der Waals surface area contributed by atoms with Gasteiger partial charge in [0.15, 0.2) is 0 Å². The first kappa shape index (κ1) is 14.6. The number of ether oxygens (including phenoxy) is 1. The molecule has 2 saturated heterocycles. The van der Waals surface area contributed by atoms with Crippen LogP contribution < -0.4 is 0 Å². The zero-order valence-electron chi connectivity index (χ0n) is 13.0.